The van der Waals surface area contributed by atoms with Gasteiger partial charge in [0.2, 0.25) is 5.91 Å². The number of aliphatic carboxylic acids is 1. The zero-order valence-electron chi connectivity index (χ0n) is 15.5. The first-order valence-corrected chi connectivity index (χ1v) is 9.14. The minimum absolute atomic E-state index is 0.00407. The zero-order valence-corrected chi connectivity index (χ0v) is 15.5. The summed E-state index contributed by atoms with van der Waals surface area (Å²) in [6, 6.07) is 3.27. The van der Waals surface area contributed by atoms with Crippen LogP contribution in [0.25, 0.3) is 0 Å². The molecule has 1 aliphatic rings. The number of carbonyl (C=O) groups is 2. The summed E-state index contributed by atoms with van der Waals surface area (Å²) >= 11 is 0. The number of benzene rings is 1. The highest BCUT2D eigenvalue weighted by atomic mass is 19.1. The van der Waals surface area contributed by atoms with E-state index in [1.807, 2.05) is 4.90 Å². The molecule has 1 fully saturated rings. The van der Waals surface area contributed by atoms with E-state index in [4.69, 9.17) is 9.84 Å². The molecule has 1 heterocycles. The van der Waals surface area contributed by atoms with Gasteiger partial charge in [-0.3, -0.25) is 14.5 Å². The molecule has 0 bridgehead atoms. The van der Waals surface area contributed by atoms with Gasteiger partial charge in [-0.15, -0.1) is 0 Å². The molecule has 1 amide bonds. The van der Waals surface area contributed by atoms with Gasteiger partial charge < -0.3 is 14.7 Å². The topological polar surface area (TPSA) is 70.1 Å². The molecule has 1 aromatic carbocycles. The Morgan fingerprint density at radius 2 is 2.07 bits per heavy atom. The van der Waals surface area contributed by atoms with E-state index in [0.29, 0.717) is 25.9 Å². The molecule has 1 atom stereocenters. The number of likely N-dealkylation sites (tertiary alicyclic amines) is 1. The number of halogens is 2. The number of ether oxygens (including phenoxy) is 1. The predicted octanol–water partition coefficient (Wildman–Crippen LogP) is 2.52. The summed E-state index contributed by atoms with van der Waals surface area (Å²) in [5.74, 6) is -2.29. The lowest BCUT2D eigenvalue weighted by atomic mass is 10.1. The molecule has 150 valence electrons. The van der Waals surface area contributed by atoms with Crippen LogP contribution in [0, 0.1) is 11.6 Å². The van der Waals surface area contributed by atoms with Gasteiger partial charge in [-0.1, -0.05) is 0 Å². The van der Waals surface area contributed by atoms with E-state index in [2.05, 4.69) is 0 Å². The average Bonchev–Trinajstić information content (AvgIpc) is 2.85. The molecular weight excluding hydrogens is 358 g/mol. The maximum absolute atomic E-state index is 13.5. The molecule has 8 heteroatoms. The number of rotatable bonds is 8. The number of nitrogens with zero attached hydrogens (tertiary/aromatic N) is 2. The molecule has 0 radical (unpaired) electrons. The van der Waals surface area contributed by atoms with Crippen LogP contribution >= 0.6 is 0 Å². The van der Waals surface area contributed by atoms with Crippen molar-refractivity contribution in [3.05, 3.63) is 29.8 Å². The third-order valence-electron chi connectivity index (χ3n) is 4.74. The van der Waals surface area contributed by atoms with Crippen molar-refractivity contribution in [3.8, 4) is 5.75 Å². The van der Waals surface area contributed by atoms with Crippen molar-refractivity contribution in [2.45, 2.75) is 38.1 Å². The SMILES string of the molecule is CN(CC(=O)O)C1CCCN(C(=O)CCCOc2ccc(F)cc2F)CC1. The summed E-state index contributed by atoms with van der Waals surface area (Å²) < 4.78 is 31.6. The van der Waals surface area contributed by atoms with Gasteiger partial charge in [0.1, 0.15) is 5.82 Å². The minimum Gasteiger partial charge on any atom is -0.491 e. The van der Waals surface area contributed by atoms with Gasteiger partial charge in [0.05, 0.1) is 13.2 Å². The van der Waals surface area contributed by atoms with Crippen molar-refractivity contribution in [3.63, 3.8) is 0 Å². The van der Waals surface area contributed by atoms with Gasteiger partial charge in [0.25, 0.3) is 0 Å². The number of hydrogen-bond acceptors (Lipinski definition) is 4. The summed E-state index contributed by atoms with van der Waals surface area (Å²) in [4.78, 5) is 26.8. The quantitative estimate of drug-likeness (QED) is 0.698. The van der Waals surface area contributed by atoms with Crippen LogP contribution in [0.5, 0.6) is 5.75 Å². The third kappa shape index (κ3) is 6.78. The molecule has 6 nitrogen and oxygen atoms in total. The van der Waals surface area contributed by atoms with Crippen LogP contribution < -0.4 is 4.74 Å². The highest BCUT2D eigenvalue weighted by Crippen LogP contribution is 2.19. The molecule has 0 spiro atoms. The van der Waals surface area contributed by atoms with E-state index in [9.17, 15) is 18.4 Å². The van der Waals surface area contributed by atoms with Crippen LogP contribution in [0.4, 0.5) is 8.78 Å². The third-order valence-corrected chi connectivity index (χ3v) is 4.74. The fourth-order valence-electron chi connectivity index (χ4n) is 3.27. The van der Waals surface area contributed by atoms with Crippen LogP contribution in [0.15, 0.2) is 18.2 Å². The Morgan fingerprint density at radius 3 is 2.78 bits per heavy atom. The summed E-state index contributed by atoms with van der Waals surface area (Å²) in [6.07, 6.45) is 3.16. The number of carboxylic acids is 1. The Hall–Kier alpha value is -2.22. The lowest BCUT2D eigenvalue weighted by Crippen LogP contribution is -2.37. The van der Waals surface area contributed by atoms with Crippen LogP contribution in [-0.2, 0) is 9.59 Å². The monoisotopic (exact) mass is 384 g/mol. The molecule has 1 unspecified atom stereocenters. The number of amides is 1. The lowest BCUT2D eigenvalue weighted by Gasteiger charge is -2.25. The van der Waals surface area contributed by atoms with Gasteiger partial charge in [0.15, 0.2) is 11.6 Å². The average molecular weight is 384 g/mol. The van der Waals surface area contributed by atoms with Gasteiger partial charge in [-0.25, -0.2) is 8.78 Å². The first kappa shape index (κ1) is 21.1. The van der Waals surface area contributed by atoms with E-state index >= 15 is 0 Å². The van der Waals surface area contributed by atoms with E-state index in [-0.39, 0.29) is 30.9 Å². The van der Waals surface area contributed by atoms with Gasteiger partial charge in [-0.2, -0.15) is 0 Å². The maximum atomic E-state index is 13.5. The van der Waals surface area contributed by atoms with Gasteiger partial charge in [-0.05, 0) is 44.9 Å². The zero-order chi connectivity index (χ0) is 19.8. The Bertz CT molecular complexity index is 657. The molecule has 1 aliphatic heterocycles. The predicted molar refractivity (Wildman–Crippen MR) is 95.6 cm³/mol. The first-order valence-electron chi connectivity index (χ1n) is 9.14. The largest absolute Gasteiger partial charge is 0.491 e. The number of carbonyl (C=O) groups excluding carboxylic acids is 1. The Balaban J connectivity index is 1.72. The van der Waals surface area contributed by atoms with Crippen LogP contribution in [0.2, 0.25) is 0 Å². The summed E-state index contributed by atoms with van der Waals surface area (Å²) in [5.41, 5.74) is 0. The molecular formula is C19H26F2N2O4. The van der Waals surface area contributed by atoms with Crippen molar-refractivity contribution in [2.24, 2.45) is 0 Å². The summed E-state index contributed by atoms with van der Waals surface area (Å²) in [5, 5.41) is 8.90. The summed E-state index contributed by atoms with van der Waals surface area (Å²) in [6.45, 7) is 1.42. The van der Waals surface area contributed by atoms with E-state index in [0.717, 1.165) is 31.4 Å². The van der Waals surface area contributed by atoms with Crippen molar-refractivity contribution >= 4 is 11.9 Å². The Kier molecular flexibility index (Phi) is 7.97. The van der Waals surface area contributed by atoms with Crippen molar-refractivity contribution in [2.75, 3.05) is 33.3 Å². The minimum atomic E-state index is -0.854. The fourth-order valence-corrected chi connectivity index (χ4v) is 3.27. The lowest BCUT2D eigenvalue weighted by molar-refractivity contribution is -0.138. The molecule has 1 aromatic rings. The fraction of sp³-hybridized carbons (Fsp3) is 0.579. The Morgan fingerprint density at radius 1 is 1.30 bits per heavy atom. The standard InChI is InChI=1S/C19H26F2N2O4/c1-22(13-19(25)26)15-4-2-9-23(10-8-15)18(24)5-3-11-27-17-7-6-14(20)12-16(17)21/h6-7,12,15H,2-5,8-11,13H2,1H3,(H,25,26). The second kappa shape index (κ2) is 10.2. The van der Waals surface area contributed by atoms with Crippen LogP contribution in [0.3, 0.4) is 0 Å². The first-order chi connectivity index (χ1) is 12.9. The number of hydrogen-bond donors (Lipinski definition) is 1. The molecule has 27 heavy (non-hydrogen) atoms. The molecule has 0 saturated carbocycles. The number of carboxylic acid groups (broad SMARTS) is 1. The maximum Gasteiger partial charge on any atom is 0.317 e. The molecule has 0 aliphatic carbocycles. The highest BCUT2D eigenvalue weighted by Gasteiger charge is 2.23. The second-order valence-electron chi connectivity index (χ2n) is 6.80. The van der Waals surface area contributed by atoms with E-state index in [1.165, 1.54) is 6.07 Å². The van der Waals surface area contributed by atoms with E-state index < -0.39 is 17.6 Å². The second-order valence-corrected chi connectivity index (χ2v) is 6.80. The van der Waals surface area contributed by atoms with Crippen LogP contribution in [-0.4, -0.2) is 66.1 Å². The van der Waals surface area contributed by atoms with Crippen molar-refractivity contribution in [1.82, 2.24) is 9.80 Å². The highest BCUT2D eigenvalue weighted by molar-refractivity contribution is 5.76. The van der Waals surface area contributed by atoms with Gasteiger partial charge in [0, 0.05) is 31.6 Å². The number of likely N-dealkylation sites (N-methyl/N-ethyl adjacent to an activating group) is 1. The molecule has 1 saturated heterocycles. The van der Waals surface area contributed by atoms with E-state index in [1.54, 1.807) is 11.9 Å². The van der Waals surface area contributed by atoms with Crippen molar-refractivity contribution in [1.29, 1.82) is 0 Å². The van der Waals surface area contributed by atoms with Crippen molar-refractivity contribution < 1.29 is 28.2 Å². The summed E-state index contributed by atoms with van der Waals surface area (Å²) in [7, 11) is 1.79. The Labute approximate surface area is 157 Å². The van der Waals surface area contributed by atoms with Gasteiger partial charge >= 0.3 is 5.97 Å². The smallest absolute Gasteiger partial charge is 0.317 e. The normalized spacial score (nSPS) is 17.6. The molecule has 2 rings (SSSR count). The molecule has 0 aromatic heterocycles. The van der Waals surface area contributed by atoms with Crippen LogP contribution in [0.1, 0.15) is 32.1 Å². The molecule has 1 N–H and O–H groups in total.